The topological polar surface area (TPSA) is 84.4 Å². The van der Waals surface area contributed by atoms with Crippen molar-refractivity contribution in [3.05, 3.63) is 58.4 Å². The van der Waals surface area contributed by atoms with Gasteiger partial charge >= 0.3 is 0 Å². The van der Waals surface area contributed by atoms with Crippen LogP contribution >= 0.6 is 11.6 Å². The van der Waals surface area contributed by atoms with Gasteiger partial charge in [0.05, 0.1) is 32.3 Å². The van der Waals surface area contributed by atoms with Crippen LogP contribution in [0, 0.1) is 0 Å². The predicted molar refractivity (Wildman–Crippen MR) is 109 cm³/mol. The summed E-state index contributed by atoms with van der Waals surface area (Å²) in [6.07, 6.45) is 4.13. The number of sulfone groups is 1. The van der Waals surface area contributed by atoms with Crippen LogP contribution in [0.2, 0.25) is 5.02 Å². The zero-order chi connectivity index (χ0) is 20.2. The Kier molecular flexibility index (Phi) is 4.65. The second-order valence-electron chi connectivity index (χ2n) is 6.83. The van der Waals surface area contributed by atoms with E-state index < -0.39 is 24.6 Å². The van der Waals surface area contributed by atoms with Gasteiger partial charge in [0.25, 0.3) is 0 Å². The highest BCUT2D eigenvalue weighted by Crippen LogP contribution is 2.47. The maximum Gasteiger partial charge on any atom is 0.232 e. The lowest BCUT2D eigenvalue weighted by Gasteiger charge is -2.32. The number of fused-ring (bicyclic) bond motifs is 1. The highest BCUT2D eigenvalue weighted by molar-refractivity contribution is 8.01. The van der Waals surface area contributed by atoms with Crippen molar-refractivity contribution in [2.75, 3.05) is 17.6 Å². The molecule has 27 heavy (non-hydrogen) atoms. The van der Waals surface area contributed by atoms with Crippen molar-refractivity contribution < 1.29 is 16.8 Å². The SMILES string of the molecule is CN(c1cccc(C2=Cc3ncccc3C(C)(C)S2(=O)=O)c1Cl)S(C)(=O)=O. The Morgan fingerprint density at radius 2 is 1.81 bits per heavy atom. The van der Waals surface area contributed by atoms with Crippen molar-refractivity contribution in [2.45, 2.75) is 18.6 Å². The van der Waals surface area contributed by atoms with Crippen molar-refractivity contribution in [1.29, 1.82) is 0 Å². The Hall–Kier alpha value is -1.90. The van der Waals surface area contributed by atoms with Crippen LogP contribution in [-0.2, 0) is 24.6 Å². The smallest absolute Gasteiger partial charge is 0.232 e. The Labute approximate surface area is 164 Å². The molecule has 144 valence electrons. The first kappa shape index (κ1) is 19.9. The fraction of sp³-hybridized carbons (Fsp3) is 0.278. The highest BCUT2D eigenvalue weighted by Gasteiger charge is 2.44. The third-order valence-corrected chi connectivity index (χ3v) is 8.87. The summed E-state index contributed by atoms with van der Waals surface area (Å²) in [5.74, 6) is 0. The van der Waals surface area contributed by atoms with Gasteiger partial charge in [-0.2, -0.15) is 0 Å². The molecule has 0 unspecified atom stereocenters. The zero-order valence-corrected chi connectivity index (χ0v) is 17.7. The molecule has 9 heteroatoms. The molecule has 0 saturated heterocycles. The first-order chi connectivity index (χ1) is 12.4. The van der Waals surface area contributed by atoms with Gasteiger partial charge in [0.1, 0.15) is 0 Å². The summed E-state index contributed by atoms with van der Waals surface area (Å²) in [5.41, 5.74) is 1.60. The molecule has 0 saturated carbocycles. The monoisotopic (exact) mass is 426 g/mol. The first-order valence-corrected chi connectivity index (χ1v) is 11.7. The number of sulfonamides is 1. The molecule has 0 amide bonds. The number of aromatic nitrogens is 1. The summed E-state index contributed by atoms with van der Waals surface area (Å²) in [6.45, 7) is 3.24. The van der Waals surface area contributed by atoms with Gasteiger partial charge in [-0.1, -0.05) is 29.8 Å². The van der Waals surface area contributed by atoms with Gasteiger partial charge in [0.2, 0.25) is 10.0 Å². The molecule has 3 rings (SSSR count). The summed E-state index contributed by atoms with van der Waals surface area (Å²) in [5, 5.41) is 0.0513. The largest absolute Gasteiger partial charge is 0.272 e. The molecule has 6 nitrogen and oxygen atoms in total. The summed E-state index contributed by atoms with van der Waals surface area (Å²) in [6, 6.07) is 8.11. The molecule has 1 aliphatic heterocycles. The van der Waals surface area contributed by atoms with E-state index >= 15 is 0 Å². The van der Waals surface area contributed by atoms with Crippen LogP contribution in [0.15, 0.2) is 36.5 Å². The maximum atomic E-state index is 13.3. The van der Waals surface area contributed by atoms with Crippen molar-refractivity contribution in [3.8, 4) is 0 Å². The molecule has 2 aromatic rings. The molecular formula is C18H19ClN2O4S2. The van der Waals surface area contributed by atoms with E-state index in [0.717, 1.165) is 10.6 Å². The van der Waals surface area contributed by atoms with Crippen molar-refractivity contribution in [1.82, 2.24) is 4.98 Å². The van der Waals surface area contributed by atoms with Crippen LogP contribution in [0.5, 0.6) is 0 Å². The summed E-state index contributed by atoms with van der Waals surface area (Å²) < 4.78 is 50.3. The molecule has 0 atom stereocenters. The second-order valence-corrected chi connectivity index (χ2v) is 11.7. The lowest BCUT2D eigenvalue weighted by Crippen LogP contribution is -2.33. The number of benzene rings is 1. The standard InChI is InChI=1S/C18H19ClN2O4S2/c1-18(2)13-8-6-10-20-14(13)11-16(27(18,24)25)12-7-5-9-15(17(12)19)21(3)26(4,22)23/h5-11H,1-4H3. The molecular weight excluding hydrogens is 408 g/mol. The van der Waals surface area contributed by atoms with Crippen LogP contribution in [-0.4, -0.2) is 35.1 Å². The van der Waals surface area contributed by atoms with Gasteiger partial charge in [0.15, 0.2) is 9.84 Å². The van der Waals surface area contributed by atoms with E-state index in [9.17, 15) is 16.8 Å². The molecule has 0 spiro atoms. The summed E-state index contributed by atoms with van der Waals surface area (Å²) >= 11 is 6.46. The van der Waals surface area contributed by atoms with Crippen molar-refractivity contribution in [3.63, 3.8) is 0 Å². The van der Waals surface area contributed by atoms with Gasteiger partial charge in [-0.15, -0.1) is 0 Å². The Morgan fingerprint density at radius 3 is 2.44 bits per heavy atom. The van der Waals surface area contributed by atoms with Gasteiger partial charge in [-0.3, -0.25) is 9.29 Å². The minimum atomic E-state index is -3.80. The average molecular weight is 427 g/mol. The Balaban J connectivity index is 2.31. The molecule has 0 radical (unpaired) electrons. The highest BCUT2D eigenvalue weighted by atomic mass is 35.5. The van der Waals surface area contributed by atoms with E-state index in [1.807, 2.05) is 0 Å². The molecule has 0 fully saturated rings. The normalized spacial score (nSPS) is 17.7. The summed E-state index contributed by atoms with van der Waals surface area (Å²) in [7, 11) is -5.99. The van der Waals surface area contributed by atoms with E-state index in [1.54, 1.807) is 44.3 Å². The van der Waals surface area contributed by atoms with Crippen LogP contribution in [0.1, 0.15) is 30.7 Å². The molecule has 1 aliphatic rings. The van der Waals surface area contributed by atoms with Crippen LogP contribution in [0.4, 0.5) is 5.69 Å². The van der Waals surface area contributed by atoms with Gasteiger partial charge in [0, 0.05) is 18.8 Å². The van der Waals surface area contributed by atoms with Crippen LogP contribution in [0.3, 0.4) is 0 Å². The third-order valence-electron chi connectivity index (χ3n) is 4.80. The quantitative estimate of drug-likeness (QED) is 0.751. The Bertz CT molecular complexity index is 1170. The third kappa shape index (κ3) is 3.05. The zero-order valence-electron chi connectivity index (χ0n) is 15.3. The van der Waals surface area contributed by atoms with Gasteiger partial charge < -0.3 is 0 Å². The van der Waals surface area contributed by atoms with Crippen LogP contribution in [0.25, 0.3) is 11.0 Å². The second kappa shape index (κ2) is 6.32. The van der Waals surface area contributed by atoms with Gasteiger partial charge in [-0.25, -0.2) is 16.8 Å². The number of nitrogens with zero attached hydrogens (tertiary/aromatic N) is 2. The fourth-order valence-electron chi connectivity index (χ4n) is 3.02. The minimum Gasteiger partial charge on any atom is -0.272 e. The maximum absolute atomic E-state index is 13.3. The minimum absolute atomic E-state index is 0.0208. The average Bonchev–Trinajstić information content (AvgIpc) is 2.58. The molecule has 0 N–H and O–H groups in total. The van der Waals surface area contributed by atoms with E-state index in [0.29, 0.717) is 11.3 Å². The number of halogens is 1. The number of anilines is 1. The van der Waals surface area contributed by atoms with Crippen LogP contribution < -0.4 is 4.31 Å². The van der Waals surface area contributed by atoms with E-state index in [1.165, 1.54) is 19.2 Å². The van der Waals surface area contributed by atoms with E-state index in [4.69, 9.17) is 11.6 Å². The molecule has 1 aromatic heterocycles. The molecule has 1 aromatic carbocycles. The van der Waals surface area contributed by atoms with Crippen molar-refractivity contribution >= 4 is 48.1 Å². The van der Waals surface area contributed by atoms with E-state index in [-0.39, 0.29) is 21.2 Å². The van der Waals surface area contributed by atoms with Gasteiger partial charge in [-0.05, 0) is 37.6 Å². The van der Waals surface area contributed by atoms with E-state index in [2.05, 4.69) is 4.98 Å². The lowest BCUT2D eigenvalue weighted by molar-refractivity contribution is 0.564. The Morgan fingerprint density at radius 1 is 1.15 bits per heavy atom. The lowest BCUT2D eigenvalue weighted by atomic mass is 9.99. The van der Waals surface area contributed by atoms with Crippen molar-refractivity contribution in [2.24, 2.45) is 0 Å². The fourth-order valence-corrected chi connectivity index (χ4v) is 5.73. The number of rotatable bonds is 3. The number of hydrogen-bond donors (Lipinski definition) is 0. The number of pyridine rings is 1. The number of hydrogen-bond acceptors (Lipinski definition) is 5. The molecule has 0 aliphatic carbocycles. The first-order valence-electron chi connectivity index (χ1n) is 8.03. The summed E-state index contributed by atoms with van der Waals surface area (Å²) in [4.78, 5) is 4.31. The molecule has 2 heterocycles. The predicted octanol–water partition coefficient (Wildman–Crippen LogP) is 3.29. The molecule has 0 bridgehead atoms.